The van der Waals surface area contributed by atoms with Gasteiger partial charge in [0.1, 0.15) is 16.5 Å². The predicted molar refractivity (Wildman–Crippen MR) is 110 cm³/mol. The summed E-state index contributed by atoms with van der Waals surface area (Å²) in [5, 5.41) is 13.7. The molecule has 0 atom stereocenters. The second-order valence-corrected chi connectivity index (χ2v) is 7.94. The third-order valence-corrected chi connectivity index (χ3v) is 5.26. The van der Waals surface area contributed by atoms with E-state index in [2.05, 4.69) is 29.4 Å². The van der Waals surface area contributed by atoms with E-state index < -0.39 is 0 Å². The summed E-state index contributed by atoms with van der Waals surface area (Å²) in [4.78, 5) is 13.0. The van der Waals surface area contributed by atoms with Crippen molar-refractivity contribution < 1.29 is 9.53 Å². The highest BCUT2D eigenvalue weighted by atomic mass is 32.1. The standard InChI is InChI=1S/C20H26N4O2S/c1-6-24-16-9-8-14(26-7-2)11-15(16)13(5)18(24)19(25)21-20-23-22-17(27-20)10-12(3)4/h8-9,11-12H,6-7,10H2,1-5H3,(H,21,23,25). The Kier molecular flexibility index (Phi) is 5.79. The molecule has 1 amide bonds. The molecule has 27 heavy (non-hydrogen) atoms. The number of hydrogen-bond acceptors (Lipinski definition) is 5. The van der Waals surface area contributed by atoms with E-state index in [4.69, 9.17) is 4.74 Å². The topological polar surface area (TPSA) is 69.0 Å². The molecule has 2 heterocycles. The minimum atomic E-state index is -0.157. The Hall–Kier alpha value is -2.41. The molecular weight excluding hydrogens is 360 g/mol. The quantitative estimate of drug-likeness (QED) is 0.641. The van der Waals surface area contributed by atoms with E-state index in [-0.39, 0.29) is 5.91 Å². The van der Waals surface area contributed by atoms with Crippen LogP contribution in [0.1, 0.15) is 48.8 Å². The molecular formula is C20H26N4O2S. The number of carbonyl (C=O) groups is 1. The summed E-state index contributed by atoms with van der Waals surface area (Å²) < 4.78 is 7.65. The number of carbonyl (C=O) groups excluding carboxylic acids is 1. The first-order valence-corrected chi connectivity index (χ1v) is 10.2. The van der Waals surface area contributed by atoms with Crippen LogP contribution in [0, 0.1) is 12.8 Å². The number of fused-ring (bicyclic) bond motifs is 1. The van der Waals surface area contributed by atoms with Crippen LogP contribution in [0.5, 0.6) is 5.75 Å². The molecule has 144 valence electrons. The Morgan fingerprint density at radius 2 is 2.07 bits per heavy atom. The first-order chi connectivity index (χ1) is 12.9. The number of hydrogen-bond donors (Lipinski definition) is 1. The fourth-order valence-corrected chi connectivity index (χ4v) is 4.22. The molecule has 0 spiro atoms. The number of nitrogens with one attached hydrogen (secondary N) is 1. The van der Waals surface area contributed by atoms with Gasteiger partial charge < -0.3 is 9.30 Å². The van der Waals surface area contributed by atoms with Crippen molar-refractivity contribution >= 4 is 33.3 Å². The number of aryl methyl sites for hydroxylation is 2. The van der Waals surface area contributed by atoms with Crippen LogP contribution in [0.4, 0.5) is 5.13 Å². The second-order valence-electron chi connectivity index (χ2n) is 6.88. The molecule has 6 nitrogen and oxygen atoms in total. The predicted octanol–water partition coefficient (Wildman–Crippen LogP) is 4.67. The van der Waals surface area contributed by atoms with Crippen molar-refractivity contribution in [2.45, 2.75) is 47.6 Å². The van der Waals surface area contributed by atoms with Crippen molar-refractivity contribution in [2.75, 3.05) is 11.9 Å². The van der Waals surface area contributed by atoms with Gasteiger partial charge in [0.15, 0.2) is 0 Å². The highest BCUT2D eigenvalue weighted by Crippen LogP contribution is 2.30. The minimum absolute atomic E-state index is 0.157. The van der Waals surface area contributed by atoms with E-state index in [1.54, 1.807) is 0 Å². The largest absolute Gasteiger partial charge is 0.494 e. The van der Waals surface area contributed by atoms with Gasteiger partial charge in [-0.1, -0.05) is 25.2 Å². The van der Waals surface area contributed by atoms with Crippen LogP contribution in [0.15, 0.2) is 18.2 Å². The van der Waals surface area contributed by atoms with Crippen LogP contribution >= 0.6 is 11.3 Å². The summed E-state index contributed by atoms with van der Waals surface area (Å²) in [7, 11) is 0. The van der Waals surface area contributed by atoms with Gasteiger partial charge in [0, 0.05) is 23.9 Å². The van der Waals surface area contributed by atoms with Gasteiger partial charge in [0.05, 0.1) is 6.61 Å². The molecule has 7 heteroatoms. The van der Waals surface area contributed by atoms with Crippen molar-refractivity contribution in [1.29, 1.82) is 0 Å². The van der Waals surface area contributed by atoms with Gasteiger partial charge in [-0.3, -0.25) is 10.1 Å². The maximum Gasteiger partial charge on any atom is 0.274 e. The maximum absolute atomic E-state index is 13.0. The number of nitrogens with zero attached hydrogens (tertiary/aromatic N) is 3. The monoisotopic (exact) mass is 386 g/mol. The zero-order valence-corrected chi connectivity index (χ0v) is 17.3. The molecule has 0 aliphatic carbocycles. The third kappa shape index (κ3) is 3.98. The Balaban J connectivity index is 1.93. The van der Waals surface area contributed by atoms with Crippen LogP contribution in [0.2, 0.25) is 0 Å². The number of benzene rings is 1. The molecule has 1 N–H and O–H groups in total. The Morgan fingerprint density at radius 1 is 1.30 bits per heavy atom. The van der Waals surface area contributed by atoms with Crippen LogP contribution in [0.3, 0.4) is 0 Å². The molecule has 3 aromatic rings. The van der Waals surface area contributed by atoms with Crippen molar-refractivity contribution in [3.63, 3.8) is 0 Å². The van der Waals surface area contributed by atoms with Gasteiger partial charge in [-0.25, -0.2) is 0 Å². The maximum atomic E-state index is 13.0. The van der Waals surface area contributed by atoms with Crippen LogP contribution < -0.4 is 10.1 Å². The lowest BCUT2D eigenvalue weighted by molar-refractivity contribution is 0.101. The molecule has 0 unspecified atom stereocenters. The van der Waals surface area contributed by atoms with Crippen LogP contribution in [-0.4, -0.2) is 27.3 Å². The Labute approximate surface area is 163 Å². The van der Waals surface area contributed by atoms with E-state index in [0.29, 0.717) is 29.9 Å². The highest BCUT2D eigenvalue weighted by molar-refractivity contribution is 7.15. The lowest BCUT2D eigenvalue weighted by Gasteiger charge is -2.08. The summed E-state index contributed by atoms with van der Waals surface area (Å²) in [6, 6.07) is 5.96. The summed E-state index contributed by atoms with van der Waals surface area (Å²) in [6.07, 6.45) is 0.863. The smallest absolute Gasteiger partial charge is 0.274 e. The van der Waals surface area contributed by atoms with Crippen molar-refractivity contribution in [3.05, 3.63) is 34.5 Å². The van der Waals surface area contributed by atoms with Gasteiger partial charge in [-0.2, -0.15) is 0 Å². The van der Waals surface area contributed by atoms with Gasteiger partial charge in [0.25, 0.3) is 5.91 Å². The fraction of sp³-hybridized carbons (Fsp3) is 0.450. The van der Waals surface area contributed by atoms with E-state index in [1.807, 2.05) is 43.5 Å². The molecule has 0 aliphatic heterocycles. The molecule has 3 rings (SSSR count). The summed E-state index contributed by atoms with van der Waals surface area (Å²) in [6.45, 7) is 11.6. The van der Waals surface area contributed by atoms with E-state index in [0.717, 1.165) is 33.6 Å². The molecule has 2 aromatic heterocycles. The van der Waals surface area contributed by atoms with E-state index in [1.165, 1.54) is 11.3 Å². The van der Waals surface area contributed by atoms with Crippen LogP contribution in [0.25, 0.3) is 10.9 Å². The molecule has 0 aliphatic rings. The van der Waals surface area contributed by atoms with Gasteiger partial charge >= 0.3 is 0 Å². The lowest BCUT2D eigenvalue weighted by Crippen LogP contribution is -2.17. The van der Waals surface area contributed by atoms with Gasteiger partial charge in [-0.05, 0) is 50.5 Å². The van der Waals surface area contributed by atoms with Gasteiger partial charge in [0.2, 0.25) is 5.13 Å². The zero-order chi connectivity index (χ0) is 19.6. The SMILES string of the molecule is CCOc1ccc2c(c1)c(C)c(C(=O)Nc1nnc(CC(C)C)s1)n2CC. The molecule has 0 radical (unpaired) electrons. The van der Waals surface area contributed by atoms with E-state index >= 15 is 0 Å². The average Bonchev–Trinajstić information content (AvgIpc) is 3.16. The molecule has 1 aromatic carbocycles. The zero-order valence-electron chi connectivity index (χ0n) is 16.5. The Bertz CT molecular complexity index is 958. The third-order valence-electron chi connectivity index (χ3n) is 4.40. The fourth-order valence-electron chi connectivity index (χ4n) is 3.27. The van der Waals surface area contributed by atoms with Crippen LogP contribution in [-0.2, 0) is 13.0 Å². The van der Waals surface area contributed by atoms with Crippen molar-refractivity contribution in [1.82, 2.24) is 14.8 Å². The first-order valence-electron chi connectivity index (χ1n) is 9.33. The highest BCUT2D eigenvalue weighted by Gasteiger charge is 2.21. The first kappa shape index (κ1) is 19.4. The summed E-state index contributed by atoms with van der Waals surface area (Å²) in [5.74, 6) is 1.16. The number of amides is 1. The van der Waals surface area contributed by atoms with Gasteiger partial charge in [-0.15, -0.1) is 10.2 Å². The normalized spacial score (nSPS) is 11.3. The van der Waals surface area contributed by atoms with Crippen molar-refractivity contribution in [2.24, 2.45) is 5.92 Å². The molecule has 0 bridgehead atoms. The number of aromatic nitrogens is 3. The molecule has 0 saturated carbocycles. The number of anilines is 1. The molecule has 0 saturated heterocycles. The van der Waals surface area contributed by atoms with Crippen molar-refractivity contribution in [3.8, 4) is 5.75 Å². The Morgan fingerprint density at radius 3 is 2.74 bits per heavy atom. The lowest BCUT2D eigenvalue weighted by atomic mass is 10.1. The summed E-state index contributed by atoms with van der Waals surface area (Å²) in [5.41, 5.74) is 2.63. The number of rotatable bonds is 7. The second kappa shape index (κ2) is 8.08. The molecule has 0 fully saturated rings. The van der Waals surface area contributed by atoms with E-state index in [9.17, 15) is 4.79 Å². The minimum Gasteiger partial charge on any atom is -0.494 e. The summed E-state index contributed by atoms with van der Waals surface area (Å²) >= 11 is 1.44. The number of ether oxygens (including phenoxy) is 1. The average molecular weight is 387 g/mol.